The van der Waals surface area contributed by atoms with Crippen LogP contribution in [-0.4, -0.2) is 18.4 Å². The summed E-state index contributed by atoms with van der Waals surface area (Å²) in [7, 11) is 0. The van der Waals surface area contributed by atoms with Gasteiger partial charge in [0.2, 0.25) is 0 Å². The minimum absolute atomic E-state index is 0.279. The average molecular weight is 363 g/mol. The molecule has 0 saturated heterocycles. The molecule has 5 nitrogen and oxygen atoms in total. The van der Waals surface area contributed by atoms with E-state index in [1.54, 1.807) is 24.3 Å². The second-order valence-corrected chi connectivity index (χ2v) is 5.54. The Bertz CT molecular complexity index is 716. The number of ether oxygens (including phenoxy) is 1. The quantitative estimate of drug-likeness (QED) is 0.857. The van der Waals surface area contributed by atoms with Crippen molar-refractivity contribution >= 4 is 33.4 Å². The molecule has 0 aromatic heterocycles. The third-order valence-electron chi connectivity index (χ3n) is 2.87. The third kappa shape index (κ3) is 4.08. The van der Waals surface area contributed by atoms with Crippen molar-refractivity contribution < 1.29 is 14.3 Å². The van der Waals surface area contributed by atoms with Gasteiger partial charge in [-0.15, -0.1) is 0 Å². The van der Waals surface area contributed by atoms with Crippen LogP contribution in [0.3, 0.4) is 0 Å². The number of rotatable bonds is 5. The van der Waals surface area contributed by atoms with Gasteiger partial charge in [-0.1, -0.05) is 18.2 Å². The minimum atomic E-state index is -0.600. The van der Waals surface area contributed by atoms with Gasteiger partial charge in [0.25, 0.3) is 11.8 Å². The first-order valence-electron chi connectivity index (χ1n) is 6.55. The molecule has 0 fully saturated rings. The lowest BCUT2D eigenvalue weighted by atomic mass is 10.1. The summed E-state index contributed by atoms with van der Waals surface area (Å²) in [4.78, 5) is 23.2. The second kappa shape index (κ2) is 7.09. The summed E-state index contributed by atoms with van der Waals surface area (Å²) >= 11 is 3.41. The summed E-state index contributed by atoms with van der Waals surface area (Å²) in [6, 6.07) is 12.3. The van der Waals surface area contributed by atoms with Crippen molar-refractivity contribution in [3.63, 3.8) is 0 Å². The number of halogens is 1. The first-order valence-corrected chi connectivity index (χ1v) is 7.34. The van der Waals surface area contributed by atoms with Crippen molar-refractivity contribution in [2.24, 2.45) is 5.73 Å². The van der Waals surface area contributed by atoms with E-state index >= 15 is 0 Å². The number of carbonyl (C=O) groups is 2. The molecule has 2 aromatic rings. The molecule has 0 bridgehead atoms. The minimum Gasteiger partial charge on any atom is -0.483 e. The van der Waals surface area contributed by atoms with E-state index in [-0.39, 0.29) is 12.5 Å². The zero-order valence-corrected chi connectivity index (χ0v) is 13.5. The van der Waals surface area contributed by atoms with Gasteiger partial charge in [0.15, 0.2) is 6.61 Å². The number of para-hydroxylation sites is 1. The highest BCUT2D eigenvalue weighted by Crippen LogP contribution is 2.25. The predicted molar refractivity (Wildman–Crippen MR) is 88.0 cm³/mol. The van der Waals surface area contributed by atoms with E-state index in [1.807, 2.05) is 25.1 Å². The molecule has 114 valence electrons. The molecular formula is C16H15BrN2O3. The van der Waals surface area contributed by atoms with E-state index in [1.165, 1.54) is 0 Å². The Kier molecular flexibility index (Phi) is 5.16. The molecule has 0 aliphatic carbocycles. The van der Waals surface area contributed by atoms with E-state index < -0.39 is 5.91 Å². The maximum atomic E-state index is 12.4. The Balaban J connectivity index is 2.20. The number of nitrogens with two attached hydrogens (primary N) is 1. The molecule has 0 heterocycles. The molecule has 22 heavy (non-hydrogen) atoms. The van der Waals surface area contributed by atoms with E-state index in [0.29, 0.717) is 17.0 Å². The summed E-state index contributed by atoms with van der Waals surface area (Å²) in [5.41, 5.74) is 7.12. The van der Waals surface area contributed by atoms with Crippen LogP contribution in [0.5, 0.6) is 5.75 Å². The highest BCUT2D eigenvalue weighted by molar-refractivity contribution is 9.10. The molecule has 2 aromatic carbocycles. The molecule has 3 N–H and O–H groups in total. The average Bonchev–Trinajstić information content (AvgIpc) is 2.48. The lowest BCUT2D eigenvalue weighted by Gasteiger charge is -2.12. The normalized spacial score (nSPS) is 10.1. The summed E-state index contributed by atoms with van der Waals surface area (Å²) in [5, 5.41) is 2.80. The number of hydrogen-bond donors (Lipinski definition) is 2. The van der Waals surface area contributed by atoms with Gasteiger partial charge >= 0.3 is 0 Å². The number of benzene rings is 2. The maximum absolute atomic E-state index is 12.4. The van der Waals surface area contributed by atoms with Crippen LogP contribution in [0.25, 0.3) is 0 Å². The van der Waals surface area contributed by atoms with Crippen molar-refractivity contribution in [1.29, 1.82) is 0 Å². The standard InChI is InChI=1S/C16H15BrN2O3/c1-10-6-7-13(12(17)8-10)19-16(21)11-4-2-3-5-14(11)22-9-15(18)20/h2-8H,9H2,1H3,(H2,18,20)(H,19,21). The summed E-state index contributed by atoms with van der Waals surface area (Å²) < 4.78 is 6.05. The third-order valence-corrected chi connectivity index (χ3v) is 3.53. The van der Waals surface area contributed by atoms with E-state index in [4.69, 9.17) is 10.5 Å². The molecule has 0 aliphatic rings. The highest BCUT2D eigenvalue weighted by atomic mass is 79.9. The molecule has 0 saturated carbocycles. The van der Waals surface area contributed by atoms with Crippen molar-refractivity contribution in [3.05, 3.63) is 58.1 Å². The highest BCUT2D eigenvalue weighted by Gasteiger charge is 2.14. The Morgan fingerprint density at radius 2 is 1.95 bits per heavy atom. The van der Waals surface area contributed by atoms with Crippen LogP contribution in [0.1, 0.15) is 15.9 Å². The van der Waals surface area contributed by atoms with Gasteiger partial charge in [0.05, 0.1) is 11.3 Å². The van der Waals surface area contributed by atoms with Crippen LogP contribution in [0.15, 0.2) is 46.9 Å². The van der Waals surface area contributed by atoms with Crippen molar-refractivity contribution in [1.82, 2.24) is 0 Å². The van der Waals surface area contributed by atoms with Crippen LogP contribution in [0, 0.1) is 6.92 Å². The molecule has 6 heteroatoms. The number of aryl methyl sites for hydroxylation is 1. The zero-order valence-electron chi connectivity index (χ0n) is 11.9. The number of primary amides is 1. The summed E-state index contributed by atoms with van der Waals surface area (Å²) in [6.07, 6.45) is 0. The first-order chi connectivity index (χ1) is 10.5. The van der Waals surface area contributed by atoms with E-state index in [9.17, 15) is 9.59 Å². The van der Waals surface area contributed by atoms with Gasteiger partial charge in [0, 0.05) is 4.47 Å². The molecule has 2 amide bonds. The molecule has 0 spiro atoms. The Labute approximate surface area is 136 Å². The van der Waals surface area contributed by atoms with Gasteiger partial charge in [-0.2, -0.15) is 0 Å². The number of hydrogen-bond acceptors (Lipinski definition) is 3. The monoisotopic (exact) mass is 362 g/mol. The number of carbonyl (C=O) groups excluding carboxylic acids is 2. The number of nitrogens with one attached hydrogen (secondary N) is 1. The van der Waals surface area contributed by atoms with Crippen LogP contribution < -0.4 is 15.8 Å². The Hall–Kier alpha value is -2.34. The van der Waals surface area contributed by atoms with Gasteiger partial charge in [0.1, 0.15) is 5.75 Å². The summed E-state index contributed by atoms with van der Waals surface area (Å²) in [6.45, 7) is 1.68. The van der Waals surface area contributed by atoms with Crippen LogP contribution in [0.4, 0.5) is 5.69 Å². The fraction of sp³-hybridized carbons (Fsp3) is 0.125. The largest absolute Gasteiger partial charge is 0.483 e. The predicted octanol–water partition coefficient (Wildman–Crippen LogP) is 2.87. The molecule has 0 unspecified atom stereocenters. The molecular weight excluding hydrogens is 348 g/mol. The van der Waals surface area contributed by atoms with E-state index in [2.05, 4.69) is 21.2 Å². The van der Waals surface area contributed by atoms with Crippen LogP contribution in [0.2, 0.25) is 0 Å². The molecule has 2 rings (SSSR count). The lowest BCUT2D eigenvalue weighted by molar-refractivity contribution is -0.119. The molecule has 0 radical (unpaired) electrons. The fourth-order valence-corrected chi connectivity index (χ4v) is 2.43. The van der Waals surface area contributed by atoms with Crippen molar-refractivity contribution in [3.8, 4) is 5.75 Å². The Morgan fingerprint density at radius 1 is 1.23 bits per heavy atom. The van der Waals surface area contributed by atoms with E-state index in [0.717, 1.165) is 10.0 Å². The summed E-state index contributed by atoms with van der Waals surface area (Å²) in [5.74, 6) is -0.622. The molecule has 0 aliphatic heterocycles. The van der Waals surface area contributed by atoms with Gasteiger partial charge in [-0.3, -0.25) is 9.59 Å². The van der Waals surface area contributed by atoms with Crippen LogP contribution >= 0.6 is 15.9 Å². The van der Waals surface area contributed by atoms with Crippen LogP contribution in [-0.2, 0) is 4.79 Å². The van der Waals surface area contributed by atoms with Gasteiger partial charge < -0.3 is 15.8 Å². The van der Waals surface area contributed by atoms with Gasteiger partial charge in [-0.05, 0) is 52.7 Å². The smallest absolute Gasteiger partial charge is 0.259 e. The maximum Gasteiger partial charge on any atom is 0.259 e. The SMILES string of the molecule is Cc1ccc(NC(=O)c2ccccc2OCC(N)=O)c(Br)c1. The topological polar surface area (TPSA) is 81.4 Å². The Morgan fingerprint density at radius 3 is 2.64 bits per heavy atom. The zero-order chi connectivity index (χ0) is 16.1. The number of amides is 2. The van der Waals surface area contributed by atoms with Gasteiger partial charge in [-0.25, -0.2) is 0 Å². The first kappa shape index (κ1) is 16.0. The number of anilines is 1. The van der Waals surface area contributed by atoms with Crippen molar-refractivity contribution in [2.75, 3.05) is 11.9 Å². The van der Waals surface area contributed by atoms with Crippen molar-refractivity contribution in [2.45, 2.75) is 6.92 Å². The second-order valence-electron chi connectivity index (χ2n) is 4.69. The fourth-order valence-electron chi connectivity index (χ4n) is 1.84. The lowest BCUT2D eigenvalue weighted by Crippen LogP contribution is -2.21. The molecule has 0 atom stereocenters.